The van der Waals surface area contributed by atoms with Crippen molar-refractivity contribution < 1.29 is 29.0 Å². The summed E-state index contributed by atoms with van der Waals surface area (Å²) in [6.45, 7) is 5.53. The summed E-state index contributed by atoms with van der Waals surface area (Å²) in [5, 5.41) is 12.6. The number of amides is 2. The molecular weight excluding hydrogens is 422 g/mol. The summed E-state index contributed by atoms with van der Waals surface area (Å²) in [4.78, 5) is 47.9. The number of hydrogen-bond donors (Lipinski definition) is 2. The molecule has 2 N–H and O–H groups in total. The number of ketones is 1. The molecule has 0 aromatic carbocycles. The Labute approximate surface area is 195 Å². The molecule has 0 bridgehead atoms. The van der Waals surface area contributed by atoms with Crippen molar-refractivity contribution in [1.29, 1.82) is 0 Å². The van der Waals surface area contributed by atoms with E-state index in [4.69, 9.17) is 4.74 Å². The zero-order valence-corrected chi connectivity index (χ0v) is 19.7. The molecule has 2 aliphatic heterocycles. The molecule has 7 heteroatoms. The van der Waals surface area contributed by atoms with Crippen LogP contribution in [0.1, 0.15) is 59.3 Å². The second-order valence-electron chi connectivity index (χ2n) is 9.01. The summed E-state index contributed by atoms with van der Waals surface area (Å²) < 4.78 is 5.68. The van der Waals surface area contributed by atoms with Gasteiger partial charge in [0.25, 0.3) is 0 Å². The highest BCUT2D eigenvalue weighted by Crippen LogP contribution is 2.24. The Balaban J connectivity index is 2.01. The number of hydrogen-bond acceptors (Lipinski definition) is 6. The number of cyclic esters (lactones) is 1. The molecule has 2 amide bonds. The number of carbonyl (C=O) groups excluding carboxylic acids is 4. The SMILES string of the molecule is C/C(=C\[C@@H](C)C(=O)C[C@H](O)CC1CC(=O)NC(=O)C1)[C@H]1OC(=O)/C=C/CC/C=C/C=C\[C@@H]1C. The van der Waals surface area contributed by atoms with E-state index in [9.17, 15) is 24.3 Å². The molecule has 2 aliphatic rings. The fourth-order valence-corrected chi connectivity index (χ4v) is 4.16. The first-order valence-electron chi connectivity index (χ1n) is 11.6. The number of ether oxygens (including phenoxy) is 1. The summed E-state index contributed by atoms with van der Waals surface area (Å²) in [6.07, 6.45) is 13.6. The standard InChI is InChI=1S/C26H35NO6/c1-17-10-8-6-4-5-7-9-11-25(32)33-26(17)19(3)12-18(2)22(29)16-21(28)13-20-14-23(30)27-24(31)15-20/h4,6,8-12,17-18,20-21,26,28H,5,7,13-16H2,1-3H3,(H,27,30,31)/b6-4+,10-8-,11-9+,19-12+/t17-,18+,21+,26-/m0/s1. The molecule has 0 radical (unpaired) electrons. The van der Waals surface area contributed by atoms with E-state index in [-0.39, 0.29) is 55.1 Å². The van der Waals surface area contributed by atoms with Crippen molar-refractivity contribution in [1.82, 2.24) is 5.32 Å². The van der Waals surface area contributed by atoms with Crippen molar-refractivity contribution in [2.75, 3.05) is 0 Å². The second kappa shape index (κ2) is 13.0. The summed E-state index contributed by atoms with van der Waals surface area (Å²) in [5.41, 5.74) is 0.764. The van der Waals surface area contributed by atoms with Crippen LogP contribution in [0.2, 0.25) is 0 Å². The van der Waals surface area contributed by atoms with E-state index in [1.54, 1.807) is 19.1 Å². The molecular formula is C26H35NO6. The molecule has 33 heavy (non-hydrogen) atoms. The maximum atomic E-state index is 12.7. The normalized spacial score (nSPS) is 27.9. The summed E-state index contributed by atoms with van der Waals surface area (Å²) >= 11 is 0. The quantitative estimate of drug-likeness (QED) is 0.345. The number of piperidine rings is 1. The maximum absolute atomic E-state index is 12.7. The second-order valence-corrected chi connectivity index (χ2v) is 9.01. The Morgan fingerprint density at radius 2 is 1.85 bits per heavy atom. The van der Waals surface area contributed by atoms with Gasteiger partial charge in [0.1, 0.15) is 11.9 Å². The van der Waals surface area contributed by atoms with Crippen molar-refractivity contribution >= 4 is 23.6 Å². The number of esters is 1. The minimum absolute atomic E-state index is 0.0648. The van der Waals surface area contributed by atoms with Gasteiger partial charge in [-0.2, -0.15) is 0 Å². The van der Waals surface area contributed by atoms with Crippen LogP contribution < -0.4 is 5.32 Å². The highest BCUT2D eigenvalue weighted by molar-refractivity contribution is 5.97. The van der Waals surface area contributed by atoms with Gasteiger partial charge >= 0.3 is 5.97 Å². The lowest BCUT2D eigenvalue weighted by atomic mass is 9.88. The van der Waals surface area contributed by atoms with Gasteiger partial charge in [-0.3, -0.25) is 19.7 Å². The predicted octanol–water partition coefficient (Wildman–Crippen LogP) is 3.34. The first kappa shape index (κ1) is 26.5. The molecule has 0 aromatic rings. The average Bonchev–Trinajstić information content (AvgIpc) is 2.71. The van der Waals surface area contributed by atoms with Gasteiger partial charge in [-0.1, -0.05) is 50.3 Å². The van der Waals surface area contributed by atoms with Crippen LogP contribution in [0.15, 0.2) is 48.1 Å². The summed E-state index contributed by atoms with van der Waals surface area (Å²) in [7, 11) is 0. The molecule has 0 unspecified atom stereocenters. The van der Waals surface area contributed by atoms with Crippen LogP contribution in [-0.2, 0) is 23.9 Å². The first-order valence-corrected chi connectivity index (χ1v) is 11.6. The number of carbonyl (C=O) groups is 4. The molecule has 7 nitrogen and oxygen atoms in total. The van der Waals surface area contributed by atoms with E-state index >= 15 is 0 Å². The zero-order valence-electron chi connectivity index (χ0n) is 19.7. The number of allylic oxidation sites excluding steroid dienone is 5. The van der Waals surface area contributed by atoms with Gasteiger partial charge in [0.15, 0.2) is 0 Å². The van der Waals surface area contributed by atoms with Crippen molar-refractivity contribution in [2.24, 2.45) is 17.8 Å². The van der Waals surface area contributed by atoms with Gasteiger partial charge in [0.2, 0.25) is 11.8 Å². The Hall–Kier alpha value is -2.80. The largest absolute Gasteiger partial charge is 0.454 e. The predicted molar refractivity (Wildman–Crippen MR) is 125 cm³/mol. The summed E-state index contributed by atoms with van der Waals surface area (Å²) in [6, 6.07) is 0. The number of Topliss-reactive ketones (excluding diaryl/α,β-unsaturated/α-hetero) is 1. The maximum Gasteiger partial charge on any atom is 0.331 e. The van der Waals surface area contributed by atoms with Crippen molar-refractivity contribution in [3.05, 3.63) is 48.1 Å². The first-order chi connectivity index (χ1) is 15.7. The fourth-order valence-electron chi connectivity index (χ4n) is 4.16. The molecule has 0 saturated carbocycles. The topological polar surface area (TPSA) is 110 Å². The van der Waals surface area contributed by atoms with Crippen LogP contribution in [0.5, 0.6) is 0 Å². The molecule has 2 rings (SSSR count). The number of aliphatic hydroxyl groups is 1. The van der Waals surface area contributed by atoms with E-state index in [2.05, 4.69) is 5.32 Å². The smallest absolute Gasteiger partial charge is 0.331 e. The van der Waals surface area contributed by atoms with Gasteiger partial charge in [-0.15, -0.1) is 0 Å². The van der Waals surface area contributed by atoms with Crippen molar-refractivity contribution in [3.8, 4) is 0 Å². The third kappa shape index (κ3) is 9.30. The number of aliphatic hydroxyl groups excluding tert-OH is 1. The molecule has 0 aliphatic carbocycles. The average molecular weight is 458 g/mol. The van der Waals surface area contributed by atoms with E-state index in [1.807, 2.05) is 38.2 Å². The zero-order chi connectivity index (χ0) is 24.4. The van der Waals surface area contributed by atoms with E-state index in [0.29, 0.717) is 0 Å². The third-order valence-corrected chi connectivity index (χ3v) is 5.88. The van der Waals surface area contributed by atoms with E-state index in [0.717, 1.165) is 18.4 Å². The lowest BCUT2D eigenvalue weighted by Gasteiger charge is -2.24. The van der Waals surface area contributed by atoms with Crippen LogP contribution in [0, 0.1) is 17.8 Å². The van der Waals surface area contributed by atoms with Gasteiger partial charge in [0, 0.05) is 37.2 Å². The highest BCUT2D eigenvalue weighted by atomic mass is 16.5. The van der Waals surface area contributed by atoms with Crippen molar-refractivity contribution in [3.63, 3.8) is 0 Å². The minimum Gasteiger partial charge on any atom is -0.454 e. The fraction of sp³-hybridized carbons (Fsp3) is 0.538. The Bertz CT molecular complexity index is 837. The third-order valence-electron chi connectivity index (χ3n) is 5.88. The number of nitrogens with one attached hydrogen (secondary N) is 1. The minimum atomic E-state index is -0.921. The van der Waals surface area contributed by atoms with Crippen molar-refractivity contribution in [2.45, 2.75) is 71.5 Å². The van der Waals surface area contributed by atoms with Gasteiger partial charge in [-0.25, -0.2) is 4.79 Å². The lowest BCUT2D eigenvalue weighted by molar-refractivity contribution is -0.142. The molecule has 0 spiro atoms. The highest BCUT2D eigenvalue weighted by Gasteiger charge is 2.28. The molecule has 0 aromatic heterocycles. The van der Waals surface area contributed by atoms with Gasteiger partial charge < -0.3 is 9.84 Å². The lowest BCUT2D eigenvalue weighted by Crippen LogP contribution is -2.39. The van der Waals surface area contributed by atoms with E-state index < -0.39 is 24.1 Å². The Kier molecular flexibility index (Phi) is 10.5. The molecule has 1 saturated heterocycles. The van der Waals surface area contributed by atoms with Gasteiger partial charge in [-0.05, 0) is 37.7 Å². The van der Waals surface area contributed by atoms with E-state index in [1.165, 1.54) is 6.08 Å². The molecule has 2 heterocycles. The van der Waals surface area contributed by atoms with Crippen LogP contribution in [0.3, 0.4) is 0 Å². The Morgan fingerprint density at radius 3 is 2.55 bits per heavy atom. The van der Waals surface area contributed by atoms with Crippen LogP contribution >= 0.6 is 0 Å². The van der Waals surface area contributed by atoms with Gasteiger partial charge in [0.05, 0.1) is 6.10 Å². The molecule has 4 atom stereocenters. The van der Waals surface area contributed by atoms with Crippen LogP contribution in [0.4, 0.5) is 0 Å². The number of rotatable bonds is 7. The van der Waals surface area contributed by atoms with Crippen LogP contribution in [-0.4, -0.2) is 40.9 Å². The molecule has 1 fully saturated rings. The summed E-state index contributed by atoms with van der Waals surface area (Å²) in [5.74, 6) is -2.10. The monoisotopic (exact) mass is 457 g/mol. The molecule has 180 valence electrons. The number of imide groups is 1. The Morgan fingerprint density at radius 1 is 1.18 bits per heavy atom. The van der Waals surface area contributed by atoms with Crippen LogP contribution in [0.25, 0.3) is 0 Å².